The standard InChI is InChI=1S/C28H34F3N5O4/c1-35(2)26(39)19-6-7-23(32-15-19)27(40)11-8-22(9-12-27)36-13-10-21(17-36)34-24(37)16-33-25(38)18-4-3-5-20(14-18)28(29,30)31/h3-7,14-15,21-22,40H,8-13,16-17H2,1-2H3,(H,33,38)(H,34,37)/t21-,22?,27?/m1/s1. The predicted octanol–water partition coefficient (Wildman–Crippen LogP) is 2.55. The van der Waals surface area contributed by atoms with E-state index in [-0.39, 0.29) is 30.1 Å². The van der Waals surface area contributed by atoms with E-state index in [4.69, 9.17) is 0 Å². The molecule has 1 aliphatic heterocycles. The maximum atomic E-state index is 12.9. The zero-order valence-electron chi connectivity index (χ0n) is 22.5. The van der Waals surface area contributed by atoms with E-state index < -0.39 is 29.2 Å². The monoisotopic (exact) mass is 561 g/mol. The van der Waals surface area contributed by atoms with Gasteiger partial charge >= 0.3 is 6.18 Å². The number of pyridine rings is 1. The van der Waals surface area contributed by atoms with E-state index in [9.17, 15) is 32.7 Å². The number of aromatic nitrogens is 1. The molecule has 216 valence electrons. The van der Waals surface area contributed by atoms with Crippen LogP contribution in [0.5, 0.6) is 0 Å². The van der Waals surface area contributed by atoms with E-state index in [0.717, 1.165) is 44.0 Å². The molecule has 0 spiro atoms. The lowest BCUT2D eigenvalue weighted by atomic mass is 9.79. The van der Waals surface area contributed by atoms with Crippen molar-refractivity contribution in [2.24, 2.45) is 0 Å². The molecule has 0 bridgehead atoms. The molecule has 2 fully saturated rings. The quantitative estimate of drug-likeness (QED) is 0.479. The highest BCUT2D eigenvalue weighted by Crippen LogP contribution is 2.38. The number of halogens is 3. The van der Waals surface area contributed by atoms with Crippen molar-refractivity contribution in [3.05, 3.63) is 65.0 Å². The highest BCUT2D eigenvalue weighted by Gasteiger charge is 2.39. The Hall–Kier alpha value is -3.51. The first kappa shape index (κ1) is 29.5. The number of amides is 3. The number of nitrogens with one attached hydrogen (secondary N) is 2. The van der Waals surface area contributed by atoms with Crippen LogP contribution < -0.4 is 10.6 Å². The van der Waals surface area contributed by atoms with Gasteiger partial charge in [-0.1, -0.05) is 6.07 Å². The minimum absolute atomic E-state index is 0.109. The predicted molar refractivity (Wildman–Crippen MR) is 140 cm³/mol. The minimum atomic E-state index is -4.56. The Morgan fingerprint density at radius 1 is 1.10 bits per heavy atom. The molecular weight excluding hydrogens is 527 g/mol. The molecule has 1 aliphatic carbocycles. The first-order valence-corrected chi connectivity index (χ1v) is 13.3. The highest BCUT2D eigenvalue weighted by atomic mass is 19.4. The van der Waals surface area contributed by atoms with Crippen molar-refractivity contribution in [1.82, 2.24) is 25.4 Å². The Balaban J connectivity index is 1.22. The van der Waals surface area contributed by atoms with E-state index in [0.29, 0.717) is 30.6 Å². The molecule has 0 radical (unpaired) electrons. The van der Waals surface area contributed by atoms with Gasteiger partial charge in [0.15, 0.2) is 0 Å². The van der Waals surface area contributed by atoms with Crippen LogP contribution in [0.2, 0.25) is 0 Å². The van der Waals surface area contributed by atoms with Gasteiger partial charge in [0.05, 0.1) is 23.4 Å². The Bertz CT molecular complexity index is 1230. The topological polar surface area (TPSA) is 115 Å². The second kappa shape index (κ2) is 11.9. The summed E-state index contributed by atoms with van der Waals surface area (Å²) in [7, 11) is 3.34. The van der Waals surface area contributed by atoms with Gasteiger partial charge in [-0.15, -0.1) is 0 Å². The lowest BCUT2D eigenvalue weighted by Crippen LogP contribution is -2.45. The Morgan fingerprint density at radius 3 is 2.45 bits per heavy atom. The van der Waals surface area contributed by atoms with Crippen molar-refractivity contribution in [3.63, 3.8) is 0 Å². The zero-order chi connectivity index (χ0) is 29.1. The van der Waals surface area contributed by atoms with Gasteiger partial charge in [-0.25, -0.2) is 0 Å². The number of likely N-dealkylation sites (tertiary alicyclic amines) is 1. The molecule has 40 heavy (non-hydrogen) atoms. The Morgan fingerprint density at radius 2 is 1.82 bits per heavy atom. The summed E-state index contributed by atoms with van der Waals surface area (Å²) in [6.45, 7) is 1.08. The molecule has 2 heterocycles. The van der Waals surface area contributed by atoms with Crippen LogP contribution in [-0.4, -0.2) is 83.4 Å². The molecule has 0 unspecified atom stereocenters. The van der Waals surface area contributed by atoms with Gasteiger partial charge < -0.3 is 20.6 Å². The summed E-state index contributed by atoms with van der Waals surface area (Å²) >= 11 is 0. The van der Waals surface area contributed by atoms with Gasteiger partial charge in [0, 0.05) is 51.0 Å². The van der Waals surface area contributed by atoms with Crippen LogP contribution in [-0.2, 0) is 16.6 Å². The number of benzene rings is 1. The number of hydrogen-bond donors (Lipinski definition) is 3. The molecule has 12 heteroatoms. The number of carbonyl (C=O) groups excluding carboxylic acids is 3. The minimum Gasteiger partial charge on any atom is -0.384 e. The van der Waals surface area contributed by atoms with Crippen LogP contribution in [0.1, 0.15) is 64.1 Å². The van der Waals surface area contributed by atoms with Crippen LogP contribution >= 0.6 is 0 Å². The summed E-state index contributed by atoms with van der Waals surface area (Å²) in [6.07, 6.45) is 0.236. The molecule has 3 amide bonds. The van der Waals surface area contributed by atoms with Crippen LogP contribution in [0.15, 0.2) is 42.6 Å². The number of hydrogen-bond acceptors (Lipinski definition) is 6. The SMILES string of the molecule is CN(C)C(=O)c1ccc(C2(O)CCC(N3CC[C@@H](NC(=O)CNC(=O)c4cccc(C(F)(F)F)c4)C3)CC2)nc1. The molecule has 3 N–H and O–H groups in total. The first-order valence-electron chi connectivity index (χ1n) is 13.3. The van der Waals surface area contributed by atoms with Crippen molar-refractivity contribution < 1.29 is 32.7 Å². The summed E-state index contributed by atoms with van der Waals surface area (Å²) in [5, 5.41) is 16.5. The van der Waals surface area contributed by atoms with E-state index >= 15 is 0 Å². The largest absolute Gasteiger partial charge is 0.416 e. The molecule has 4 rings (SSSR count). The second-order valence-electron chi connectivity index (χ2n) is 10.7. The molecule has 1 aromatic carbocycles. The van der Waals surface area contributed by atoms with Crippen LogP contribution in [0.25, 0.3) is 0 Å². The molecule has 1 saturated heterocycles. The smallest absolute Gasteiger partial charge is 0.384 e. The second-order valence-corrected chi connectivity index (χ2v) is 10.7. The summed E-state index contributed by atoms with van der Waals surface area (Å²) in [6, 6.07) is 7.59. The molecule has 2 aromatic rings. The van der Waals surface area contributed by atoms with Crippen molar-refractivity contribution in [2.75, 3.05) is 33.7 Å². The Labute approximate surface area is 230 Å². The van der Waals surface area contributed by atoms with Crippen molar-refractivity contribution in [3.8, 4) is 0 Å². The molecular formula is C28H34F3N5O4. The van der Waals surface area contributed by atoms with Crippen molar-refractivity contribution in [2.45, 2.75) is 56.0 Å². The van der Waals surface area contributed by atoms with Crippen LogP contribution in [0, 0.1) is 0 Å². The van der Waals surface area contributed by atoms with Gasteiger partial charge in [-0.3, -0.25) is 24.3 Å². The van der Waals surface area contributed by atoms with Crippen LogP contribution in [0.4, 0.5) is 13.2 Å². The number of aliphatic hydroxyl groups is 1. The van der Waals surface area contributed by atoms with Crippen LogP contribution in [0.3, 0.4) is 0 Å². The number of rotatable bonds is 7. The summed E-state index contributed by atoms with van der Waals surface area (Å²) in [4.78, 5) is 44.9. The molecule has 1 saturated carbocycles. The van der Waals surface area contributed by atoms with Gasteiger partial charge in [0.25, 0.3) is 11.8 Å². The van der Waals surface area contributed by atoms with E-state index in [1.165, 1.54) is 17.2 Å². The maximum Gasteiger partial charge on any atom is 0.416 e. The van der Waals surface area contributed by atoms with Gasteiger partial charge in [0.2, 0.25) is 5.91 Å². The van der Waals surface area contributed by atoms with E-state index in [2.05, 4.69) is 20.5 Å². The zero-order valence-corrected chi connectivity index (χ0v) is 22.5. The molecule has 1 atom stereocenters. The van der Waals surface area contributed by atoms with Crippen molar-refractivity contribution >= 4 is 17.7 Å². The average molecular weight is 562 g/mol. The fourth-order valence-corrected chi connectivity index (χ4v) is 5.37. The fraction of sp³-hybridized carbons (Fsp3) is 0.500. The summed E-state index contributed by atoms with van der Waals surface area (Å²) < 4.78 is 38.7. The third kappa shape index (κ3) is 6.97. The Kier molecular flexibility index (Phi) is 8.79. The number of alkyl halides is 3. The lowest BCUT2D eigenvalue weighted by molar-refractivity contribution is -0.137. The summed E-state index contributed by atoms with van der Waals surface area (Å²) in [5.41, 5.74) is -1.13. The highest BCUT2D eigenvalue weighted by molar-refractivity contribution is 5.96. The van der Waals surface area contributed by atoms with Gasteiger partial charge in [-0.05, 0) is 62.4 Å². The number of carbonyl (C=O) groups is 3. The normalized spacial score (nSPS) is 23.4. The van der Waals surface area contributed by atoms with Crippen molar-refractivity contribution in [1.29, 1.82) is 0 Å². The third-order valence-electron chi connectivity index (χ3n) is 7.64. The molecule has 1 aromatic heterocycles. The third-order valence-corrected chi connectivity index (χ3v) is 7.64. The number of nitrogens with zero attached hydrogens (tertiary/aromatic N) is 3. The van der Waals surface area contributed by atoms with Gasteiger partial charge in [-0.2, -0.15) is 13.2 Å². The fourth-order valence-electron chi connectivity index (χ4n) is 5.37. The molecule has 2 aliphatic rings. The van der Waals surface area contributed by atoms with E-state index in [1.807, 2.05) is 0 Å². The average Bonchev–Trinajstić information content (AvgIpc) is 3.39. The van der Waals surface area contributed by atoms with E-state index in [1.54, 1.807) is 26.2 Å². The maximum absolute atomic E-state index is 12.9. The van der Waals surface area contributed by atoms with Gasteiger partial charge in [0.1, 0.15) is 5.60 Å². The molecule has 9 nitrogen and oxygen atoms in total. The first-order chi connectivity index (χ1) is 18.9. The summed E-state index contributed by atoms with van der Waals surface area (Å²) in [5.74, 6) is -1.31. The lowest BCUT2D eigenvalue weighted by Gasteiger charge is -2.39.